The van der Waals surface area contributed by atoms with Crippen LogP contribution in [0.5, 0.6) is 5.75 Å². The summed E-state index contributed by atoms with van der Waals surface area (Å²) < 4.78 is 44.0. The van der Waals surface area contributed by atoms with Crippen LogP contribution in [0.25, 0.3) is 0 Å². The summed E-state index contributed by atoms with van der Waals surface area (Å²) in [5.41, 5.74) is 0.148. The van der Waals surface area contributed by atoms with E-state index < -0.39 is 17.8 Å². The highest BCUT2D eigenvalue weighted by Crippen LogP contribution is 2.30. The molecule has 3 aromatic rings. The van der Waals surface area contributed by atoms with E-state index in [1.165, 1.54) is 23.5 Å². The Balaban J connectivity index is 1.53. The molecule has 29 heavy (non-hydrogen) atoms. The van der Waals surface area contributed by atoms with Gasteiger partial charge in [0.25, 0.3) is 0 Å². The smallest absolute Gasteiger partial charge is 0.416 e. The highest BCUT2D eigenvalue weighted by Gasteiger charge is 2.30. The average molecular weight is 441 g/mol. The first-order chi connectivity index (χ1) is 13.8. The molecule has 152 valence electrons. The number of alkyl halides is 3. The van der Waals surface area contributed by atoms with E-state index in [2.05, 4.69) is 10.6 Å². The molecule has 0 atom stereocenters. The van der Waals surface area contributed by atoms with Gasteiger partial charge in [-0.3, -0.25) is 0 Å². The maximum atomic E-state index is 12.8. The highest BCUT2D eigenvalue weighted by molar-refractivity contribution is 7.10. The first-order valence-electron chi connectivity index (χ1n) is 8.47. The zero-order valence-corrected chi connectivity index (χ0v) is 16.5. The van der Waals surface area contributed by atoms with Crippen LogP contribution in [0.3, 0.4) is 0 Å². The van der Waals surface area contributed by atoms with E-state index in [-0.39, 0.29) is 12.2 Å². The Morgan fingerprint density at radius 3 is 2.59 bits per heavy atom. The van der Waals surface area contributed by atoms with Gasteiger partial charge < -0.3 is 15.4 Å². The van der Waals surface area contributed by atoms with Gasteiger partial charge in [0.05, 0.1) is 12.1 Å². The lowest BCUT2D eigenvalue weighted by Crippen LogP contribution is -2.28. The molecule has 0 unspecified atom stereocenters. The number of benzene rings is 2. The minimum Gasteiger partial charge on any atom is -0.489 e. The number of ether oxygens (including phenoxy) is 1. The summed E-state index contributed by atoms with van der Waals surface area (Å²) in [5, 5.41) is 7.55. The molecule has 1 aromatic heterocycles. The molecule has 0 saturated heterocycles. The van der Waals surface area contributed by atoms with Crippen LogP contribution in [0.2, 0.25) is 5.02 Å². The van der Waals surface area contributed by atoms with Crippen molar-refractivity contribution in [2.24, 2.45) is 0 Å². The zero-order chi connectivity index (χ0) is 20.9. The van der Waals surface area contributed by atoms with E-state index in [1.807, 2.05) is 11.4 Å². The summed E-state index contributed by atoms with van der Waals surface area (Å²) in [4.78, 5) is 12.9. The van der Waals surface area contributed by atoms with Gasteiger partial charge in [0, 0.05) is 21.2 Å². The van der Waals surface area contributed by atoms with Crippen molar-refractivity contribution < 1.29 is 22.7 Å². The number of thiophene rings is 1. The van der Waals surface area contributed by atoms with Crippen LogP contribution in [0.4, 0.5) is 23.7 Å². The Bertz CT molecular complexity index is 974. The van der Waals surface area contributed by atoms with E-state index in [4.69, 9.17) is 16.3 Å². The molecular formula is C20H16ClF3N2O2S. The van der Waals surface area contributed by atoms with Gasteiger partial charge in [0.15, 0.2) is 0 Å². The summed E-state index contributed by atoms with van der Waals surface area (Å²) in [7, 11) is 0. The lowest BCUT2D eigenvalue weighted by atomic mass is 10.2. The van der Waals surface area contributed by atoms with Gasteiger partial charge in [0.2, 0.25) is 0 Å². The van der Waals surface area contributed by atoms with Gasteiger partial charge in [-0.05, 0) is 53.9 Å². The molecule has 4 nitrogen and oxygen atoms in total. The maximum Gasteiger partial charge on any atom is 0.416 e. The van der Waals surface area contributed by atoms with E-state index in [9.17, 15) is 18.0 Å². The average Bonchev–Trinajstić information content (AvgIpc) is 3.13. The number of hydrogen-bond acceptors (Lipinski definition) is 3. The lowest BCUT2D eigenvalue weighted by Gasteiger charge is -2.11. The molecule has 0 fully saturated rings. The normalized spacial score (nSPS) is 11.2. The van der Waals surface area contributed by atoms with E-state index >= 15 is 0 Å². The van der Waals surface area contributed by atoms with Crippen molar-refractivity contribution in [3.05, 3.63) is 81.0 Å². The monoisotopic (exact) mass is 440 g/mol. The number of carbonyl (C=O) groups is 1. The molecule has 2 aromatic carbocycles. The molecule has 0 bridgehead atoms. The first kappa shape index (κ1) is 21.0. The first-order valence-corrected chi connectivity index (χ1v) is 9.73. The fraction of sp³-hybridized carbons (Fsp3) is 0.150. The van der Waals surface area contributed by atoms with Crippen LogP contribution in [0, 0.1) is 0 Å². The SMILES string of the molecule is O=C(NCc1sccc1COc1ccc(Cl)cc1)Nc1cccc(C(F)(F)F)c1. The van der Waals surface area contributed by atoms with Crippen LogP contribution < -0.4 is 15.4 Å². The Hall–Kier alpha value is -2.71. The van der Waals surface area contributed by atoms with E-state index in [1.54, 1.807) is 24.3 Å². The topological polar surface area (TPSA) is 50.4 Å². The number of halogens is 4. The van der Waals surface area contributed by atoms with E-state index in [0.29, 0.717) is 17.4 Å². The lowest BCUT2D eigenvalue weighted by molar-refractivity contribution is -0.137. The second-order valence-electron chi connectivity index (χ2n) is 6.00. The van der Waals surface area contributed by atoms with Gasteiger partial charge in [-0.1, -0.05) is 17.7 Å². The van der Waals surface area contributed by atoms with Crippen LogP contribution in [0.1, 0.15) is 16.0 Å². The maximum absolute atomic E-state index is 12.8. The van der Waals surface area contributed by atoms with Crippen molar-refractivity contribution in [3.63, 3.8) is 0 Å². The summed E-state index contributed by atoms with van der Waals surface area (Å²) in [6.45, 7) is 0.541. The van der Waals surface area contributed by atoms with Gasteiger partial charge >= 0.3 is 12.2 Å². The van der Waals surface area contributed by atoms with Crippen LogP contribution >= 0.6 is 22.9 Å². The summed E-state index contributed by atoms with van der Waals surface area (Å²) >= 11 is 7.29. The Labute approximate surface area is 174 Å². The number of carbonyl (C=O) groups excluding carboxylic acids is 1. The van der Waals surface area contributed by atoms with Gasteiger partial charge in [-0.15, -0.1) is 11.3 Å². The molecule has 3 rings (SSSR count). The standard InChI is InChI=1S/C20H16ClF3N2O2S/c21-15-4-6-17(7-5-15)28-12-13-8-9-29-18(13)11-25-19(27)26-16-3-1-2-14(10-16)20(22,23)24/h1-10H,11-12H2,(H2,25,26,27). The Morgan fingerprint density at radius 1 is 1.10 bits per heavy atom. The Morgan fingerprint density at radius 2 is 1.86 bits per heavy atom. The Kier molecular flexibility index (Phi) is 6.66. The van der Waals surface area contributed by atoms with E-state index in [0.717, 1.165) is 22.6 Å². The van der Waals surface area contributed by atoms with Gasteiger partial charge in [0.1, 0.15) is 12.4 Å². The highest BCUT2D eigenvalue weighted by atomic mass is 35.5. The van der Waals surface area contributed by atoms with Crippen LogP contribution in [-0.4, -0.2) is 6.03 Å². The van der Waals surface area contributed by atoms with Crippen molar-refractivity contribution in [1.29, 1.82) is 0 Å². The fourth-order valence-corrected chi connectivity index (χ4v) is 3.41. The third-order valence-electron chi connectivity index (χ3n) is 3.90. The molecule has 0 aliphatic heterocycles. The van der Waals surface area contributed by atoms with Gasteiger partial charge in [-0.25, -0.2) is 4.79 Å². The molecule has 0 radical (unpaired) electrons. The van der Waals surface area contributed by atoms with Crippen molar-refractivity contribution in [2.75, 3.05) is 5.32 Å². The van der Waals surface area contributed by atoms with Crippen molar-refractivity contribution in [3.8, 4) is 5.75 Å². The number of rotatable bonds is 6. The second kappa shape index (κ2) is 9.19. The second-order valence-corrected chi connectivity index (χ2v) is 7.43. The quantitative estimate of drug-likeness (QED) is 0.471. The molecule has 2 amide bonds. The predicted molar refractivity (Wildman–Crippen MR) is 107 cm³/mol. The van der Waals surface area contributed by atoms with Crippen LogP contribution in [-0.2, 0) is 19.3 Å². The molecule has 1 heterocycles. The summed E-state index contributed by atoms with van der Waals surface area (Å²) in [6, 6.07) is 12.7. The molecule has 2 N–H and O–H groups in total. The third-order valence-corrected chi connectivity index (χ3v) is 5.12. The molecule has 0 aliphatic carbocycles. The molecule has 0 aliphatic rings. The van der Waals surface area contributed by atoms with Crippen LogP contribution in [0.15, 0.2) is 60.0 Å². The van der Waals surface area contributed by atoms with Crippen molar-refractivity contribution in [1.82, 2.24) is 5.32 Å². The molecule has 9 heteroatoms. The number of urea groups is 1. The predicted octanol–water partition coefficient (Wildman–Crippen LogP) is 6.32. The van der Waals surface area contributed by atoms with Crippen molar-refractivity contribution >= 4 is 34.7 Å². The largest absolute Gasteiger partial charge is 0.489 e. The van der Waals surface area contributed by atoms with Gasteiger partial charge in [-0.2, -0.15) is 13.2 Å². The number of hydrogen-bond donors (Lipinski definition) is 2. The fourth-order valence-electron chi connectivity index (χ4n) is 2.45. The number of nitrogens with one attached hydrogen (secondary N) is 2. The minimum atomic E-state index is -4.47. The minimum absolute atomic E-state index is 0.0646. The zero-order valence-electron chi connectivity index (χ0n) is 14.9. The third kappa shape index (κ3) is 6.13. The van der Waals surface area contributed by atoms with Crippen molar-refractivity contribution in [2.45, 2.75) is 19.3 Å². The molecule has 0 spiro atoms. The number of anilines is 1. The summed E-state index contributed by atoms with van der Waals surface area (Å²) in [5.74, 6) is 0.668. The number of amides is 2. The molecular weight excluding hydrogens is 425 g/mol. The summed E-state index contributed by atoms with van der Waals surface area (Å²) in [6.07, 6.45) is -4.47. The molecule has 0 saturated carbocycles.